The third kappa shape index (κ3) is 3.95. The SMILES string of the molecule is O=C(NCC1OCC(N(Cc2ncc[nH]2)Cc2ncc[nH]2)C1O)C1CC1. The number of hydrogen-bond donors (Lipinski definition) is 4. The van der Waals surface area contributed by atoms with E-state index >= 15 is 0 Å². The van der Waals surface area contributed by atoms with E-state index < -0.39 is 12.2 Å². The molecule has 3 heterocycles. The van der Waals surface area contributed by atoms with Gasteiger partial charge in [0, 0.05) is 37.3 Å². The lowest BCUT2D eigenvalue weighted by Gasteiger charge is -2.29. The molecule has 9 nitrogen and oxygen atoms in total. The van der Waals surface area contributed by atoms with E-state index in [0.29, 0.717) is 26.2 Å². The number of carbonyl (C=O) groups excluding carboxylic acids is 1. The van der Waals surface area contributed by atoms with Crippen LogP contribution in [0.2, 0.25) is 0 Å². The van der Waals surface area contributed by atoms with Crippen LogP contribution in [0.5, 0.6) is 0 Å². The molecular formula is C17H24N6O3. The number of carbonyl (C=O) groups is 1. The van der Waals surface area contributed by atoms with E-state index in [4.69, 9.17) is 4.74 Å². The van der Waals surface area contributed by atoms with Gasteiger partial charge in [-0.05, 0) is 12.8 Å². The fourth-order valence-corrected chi connectivity index (χ4v) is 3.30. The molecule has 0 bridgehead atoms. The number of nitrogens with zero attached hydrogens (tertiary/aromatic N) is 3. The standard InChI is InChI=1S/C17H24N6O3/c24-16-12(10-26-13(16)7-22-17(25)11-1-2-11)23(8-14-18-3-4-19-14)9-15-20-5-6-21-15/h3-6,11-13,16,24H,1-2,7-10H2,(H,18,19)(H,20,21)(H,22,25). The Bertz CT molecular complexity index is 664. The lowest BCUT2D eigenvalue weighted by molar-refractivity contribution is -0.123. The second-order valence-corrected chi connectivity index (χ2v) is 6.93. The van der Waals surface area contributed by atoms with Crippen molar-refractivity contribution in [2.45, 2.75) is 44.2 Å². The summed E-state index contributed by atoms with van der Waals surface area (Å²) in [6.45, 7) is 1.81. The summed E-state index contributed by atoms with van der Waals surface area (Å²) in [7, 11) is 0. The first-order chi connectivity index (χ1) is 12.7. The molecule has 1 aliphatic carbocycles. The minimum absolute atomic E-state index is 0.0623. The first-order valence-corrected chi connectivity index (χ1v) is 8.98. The molecule has 0 radical (unpaired) electrons. The third-order valence-corrected chi connectivity index (χ3v) is 4.97. The lowest BCUT2D eigenvalue weighted by Crippen LogP contribution is -2.46. The first-order valence-electron chi connectivity index (χ1n) is 8.98. The number of aliphatic hydroxyl groups excluding tert-OH is 1. The smallest absolute Gasteiger partial charge is 0.223 e. The van der Waals surface area contributed by atoms with Crippen LogP contribution < -0.4 is 5.32 Å². The quantitative estimate of drug-likeness (QED) is 0.517. The maximum absolute atomic E-state index is 11.8. The predicted molar refractivity (Wildman–Crippen MR) is 91.7 cm³/mol. The molecule has 3 atom stereocenters. The van der Waals surface area contributed by atoms with Gasteiger partial charge < -0.3 is 25.1 Å². The predicted octanol–water partition coefficient (Wildman–Crippen LogP) is -0.210. The topological polar surface area (TPSA) is 119 Å². The first kappa shape index (κ1) is 17.2. The van der Waals surface area contributed by atoms with Crippen LogP contribution in [-0.4, -0.2) is 67.3 Å². The Morgan fingerprint density at radius 2 is 1.88 bits per heavy atom. The van der Waals surface area contributed by atoms with Gasteiger partial charge in [-0.15, -0.1) is 0 Å². The van der Waals surface area contributed by atoms with E-state index in [1.807, 2.05) is 0 Å². The maximum atomic E-state index is 11.8. The molecule has 2 aliphatic rings. The van der Waals surface area contributed by atoms with Crippen molar-refractivity contribution >= 4 is 5.91 Å². The number of rotatable bonds is 8. The van der Waals surface area contributed by atoms with E-state index in [0.717, 1.165) is 24.5 Å². The number of aromatic nitrogens is 4. The number of amides is 1. The van der Waals surface area contributed by atoms with Gasteiger partial charge in [0.1, 0.15) is 17.8 Å². The summed E-state index contributed by atoms with van der Waals surface area (Å²) in [5.74, 6) is 1.84. The van der Waals surface area contributed by atoms with Crippen LogP contribution in [0.3, 0.4) is 0 Å². The number of nitrogens with one attached hydrogen (secondary N) is 3. The molecule has 1 saturated heterocycles. The molecule has 140 valence electrons. The Labute approximate surface area is 151 Å². The number of aliphatic hydroxyl groups is 1. The minimum Gasteiger partial charge on any atom is -0.389 e. The highest BCUT2D eigenvalue weighted by atomic mass is 16.5. The van der Waals surface area contributed by atoms with Crippen LogP contribution in [0.4, 0.5) is 0 Å². The molecule has 1 amide bonds. The molecule has 4 rings (SSSR count). The number of aromatic amines is 2. The largest absolute Gasteiger partial charge is 0.389 e. The summed E-state index contributed by atoms with van der Waals surface area (Å²) >= 11 is 0. The Kier molecular flexibility index (Phi) is 5.00. The second kappa shape index (κ2) is 7.56. The highest BCUT2D eigenvalue weighted by molar-refractivity contribution is 5.80. The fourth-order valence-electron chi connectivity index (χ4n) is 3.30. The van der Waals surface area contributed by atoms with Crippen LogP contribution in [-0.2, 0) is 22.6 Å². The zero-order valence-electron chi connectivity index (χ0n) is 14.5. The summed E-state index contributed by atoms with van der Waals surface area (Å²) in [6.07, 6.45) is 7.79. The molecule has 2 fully saturated rings. The highest BCUT2D eigenvalue weighted by Crippen LogP contribution is 2.29. The highest BCUT2D eigenvalue weighted by Gasteiger charge is 2.40. The van der Waals surface area contributed by atoms with Gasteiger partial charge in [0.25, 0.3) is 0 Å². The summed E-state index contributed by atoms with van der Waals surface area (Å²) < 4.78 is 5.78. The van der Waals surface area contributed by atoms with Gasteiger partial charge in [0.05, 0.1) is 31.8 Å². The van der Waals surface area contributed by atoms with Crippen molar-refractivity contribution in [1.82, 2.24) is 30.2 Å². The Hall–Kier alpha value is -2.23. The van der Waals surface area contributed by atoms with Crippen molar-refractivity contribution in [1.29, 1.82) is 0 Å². The monoisotopic (exact) mass is 360 g/mol. The van der Waals surface area contributed by atoms with E-state index in [1.165, 1.54) is 0 Å². The Morgan fingerprint density at radius 3 is 2.42 bits per heavy atom. The summed E-state index contributed by atoms with van der Waals surface area (Å²) in [5, 5.41) is 13.7. The number of imidazole rings is 2. The summed E-state index contributed by atoms with van der Waals surface area (Å²) in [4.78, 5) is 28.7. The summed E-state index contributed by atoms with van der Waals surface area (Å²) in [6, 6.07) is -0.201. The minimum atomic E-state index is -0.695. The average molecular weight is 360 g/mol. The second-order valence-electron chi connectivity index (χ2n) is 6.93. The van der Waals surface area contributed by atoms with Gasteiger partial charge in [-0.1, -0.05) is 0 Å². The molecule has 2 aromatic rings. The molecular weight excluding hydrogens is 336 g/mol. The van der Waals surface area contributed by atoms with E-state index in [1.54, 1.807) is 24.8 Å². The average Bonchev–Trinajstić information content (AvgIpc) is 2.99. The third-order valence-electron chi connectivity index (χ3n) is 4.97. The molecule has 26 heavy (non-hydrogen) atoms. The molecule has 1 aliphatic heterocycles. The normalized spacial score (nSPS) is 25.7. The van der Waals surface area contributed by atoms with Gasteiger partial charge in [-0.25, -0.2) is 9.97 Å². The van der Waals surface area contributed by atoms with Gasteiger partial charge in [-0.2, -0.15) is 0 Å². The van der Waals surface area contributed by atoms with Crippen molar-refractivity contribution in [3.8, 4) is 0 Å². The van der Waals surface area contributed by atoms with Crippen LogP contribution in [0, 0.1) is 5.92 Å². The Balaban J connectivity index is 1.40. The van der Waals surface area contributed by atoms with Crippen molar-refractivity contribution < 1.29 is 14.6 Å². The van der Waals surface area contributed by atoms with Crippen molar-refractivity contribution in [3.63, 3.8) is 0 Å². The zero-order chi connectivity index (χ0) is 17.9. The van der Waals surface area contributed by atoms with Crippen LogP contribution in [0.25, 0.3) is 0 Å². The van der Waals surface area contributed by atoms with Gasteiger partial charge in [0.15, 0.2) is 0 Å². The van der Waals surface area contributed by atoms with Gasteiger partial charge in [-0.3, -0.25) is 9.69 Å². The van der Waals surface area contributed by atoms with Crippen LogP contribution in [0.1, 0.15) is 24.5 Å². The number of H-pyrrole nitrogens is 2. The van der Waals surface area contributed by atoms with E-state index in [9.17, 15) is 9.90 Å². The number of hydrogen-bond acceptors (Lipinski definition) is 6. The molecule has 3 unspecified atom stereocenters. The van der Waals surface area contributed by atoms with Crippen molar-refractivity contribution in [2.75, 3.05) is 13.2 Å². The van der Waals surface area contributed by atoms with Crippen LogP contribution in [0.15, 0.2) is 24.8 Å². The zero-order valence-corrected chi connectivity index (χ0v) is 14.5. The molecule has 1 saturated carbocycles. The maximum Gasteiger partial charge on any atom is 0.223 e. The molecule has 0 spiro atoms. The van der Waals surface area contributed by atoms with Gasteiger partial charge in [0.2, 0.25) is 5.91 Å². The summed E-state index contributed by atoms with van der Waals surface area (Å²) in [5.41, 5.74) is 0. The van der Waals surface area contributed by atoms with Crippen molar-refractivity contribution in [3.05, 3.63) is 36.4 Å². The molecule has 4 N–H and O–H groups in total. The fraction of sp³-hybridized carbons (Fsp3) is 0.588. The molecule has 9 heteroatoms. The Morgan fingerprint density at radius 1 is 1.23 bits per heavy atom. The van der Waals surface area contributed by atoms with Crippen molar-refractivity contribution in [2.24, 2.45) is 5.92 Å². The molecule has 0 aromatic carbocycles. The lowest BCUT2D eigenvalue weighted by atomic mass is 10.1. The van der Waals surface area contributed by atoms with E-state index in [2.05, 4.69) is 30.2 Å². The van der Waals surface area contributed by atoms with Crippen LogP contribution >= 0.6 is 0 Å². The van der Waals surface area contributed by atoms with E-state index in [-0.39, 0.29) is 17.9 Å². The van der Waals surface area contributed by atoms with Gasteiger partial charge >= 0.3 is 0 Å². The molecule has 2 aromatic heterocycles. The number of ether oxygens (including phenoxy) is 1.